The number of hydrogen-bond acceptors (Lipinski definition) is 0. The second kappa shape index (κ2) is 8.01. The van der Waals surface area contributed by atoms with Crippen LogP contribution in [0.2, 0.25) is 0 Å². The fraction of sp³-hybridized carbons (Fsp3) is 0.840. The van der Waals surface area contributed by atoms with Gasteiger partial charge in [0.25, 0.3) is 0 Å². The van der Waals surface area contributed by atoms with Gasteiger partial charge in [-0.2, -0.15) is 0 Å². The zero-order valence-corrected chi connectivity index (χ0v) is 17.1. The molecule has 2 fully saturated rings. The molecule has 0 saturated heterocycles. The van der Waals surface area contributed by atoms with E-state index in [4.69, 9.17) is 0 Å². The van der Waals surface area contributed by atoms with E-state index in [2.05, 4.69) is 19.9 Å². The summed E-state index contributed by atoms with van der Waals surface area (Å²) in [5.41, 5.74) is 6.34. The summed E-state index contributed by atoms with van der Waals surface area (Å²) in [7, 11) is 0. The summed E-state index contributed by atoms with van der Waals surface area (Å²) in [6.45, 7) is 13.1. The molecule has 0 heterocycles. The molecule has 0 heteroatoms. The molecule has 0 aliphatic heterocycles. The quantitative estimate of drug-likeness (QED) is 0.388. The van der Waals surface area contributed by atoms with E-state index in [0.717, 1.165) is 29.6 Å². The normalized spacial score (nSPS) is 42.6. The van der Waals surface area contributed by atoms with Crippen molar-refractivity contribution in [3.8, 4) is 0 Å². The topological polar surface area (TPSA) is 0 Å². The summed E-state index contributed by atoms with van der Waals surface area (Å²) in [6, 6.07) is 0. The van der Waals surface area contributed by atoms with E-state index in [-0.39, 0.29) is 7.43 Å². The monoisotopic (exact) mass is 344 g/mol. The Hall–Kier alpha value is -0.520. The molecule has 0 bridgehead atoms. The van der Waals surface area contributed by atoms with Crippen LogP contribution in [0.5, 0.6) is 0 Å². The fourth-order valence-corrected chi connectivity index (χ4v) is 6.85. The first-order valence-corrected chi connectivity index (χ1v) is 11.1. The van der Waals surface area contributed by atoms with E-state index in [9.17, 15) is 0 Å². The van der Waals surface area contributed by atoms with Crippen molar-refractivity contribution in [3.63, 3.8) is 0 Å². The van der Waals surface area contributed by atoms with Crippen molar-refractivity contribution in [2.75, 3.05) is 0 Å². The maximum Gasteiger partial charge on any atom is -0.00819 e. The second-order valence-electron chi connectivity index (χ2n) is 8.85. The summed E-state index contributed by atoms with van der Waals surface area (Å²) in [4.78, 5) is 0. The van der Waals surface area contributed by atoms with E-state index >= 15 is 0 Å². The molecule has 0 aromatic heterocycles. The van der Waals surface area contributed by atoms with Crippen LogP contribution < -0.4 is 0 Å². The minimum absolute atomic E-state index is 0. The Morgan fingerprint density at radius 3 is 2.40 bits per heavy atom. The van der Waals surface area contributed by atoms with Crippen LogP contribution in [0, 0.1) is 35.0 Å². The summed E-state index contributed by atoms with van der Waals surface area (Å²) in [6.07, 6.45) is 14.5. The Balaban J connectivity index is 0.000000424. The van der Waals surface area contributed by atoms with Gasteiger partial charge >= 0.3 is 0 Å². The van der Waals surface area contributed by atoms with Crippen molar-refractivity contribution >= 4 is 0 Å². The molecule has 2 saturated carbocycles. The van der Waals surface area contributed by atoms with Crippen LogP contribution in [0.4, 0.5) is 0 Å². The maximum atomic E-state index is 2.70. The molecular formula is C25H44. The summed E-state index contributed by atoms with van der Waals surface area (Å²) in [5.74, 6) is 5.00. The van der Waals surface area contributed by atoms with E-state index in [1.165, 1.54) is 51.4 Å². The van der Waals surface area contributed by atoms with Crippen molar-refractivity contribution in [1.82, 2.24) is 0 Å². The van der Waals surface area contributed by atoms with E-state index in [0.29, 0.717) is 5.41 Å². The van der Waals surface area contributed by atoms with Gasteiger partial charge in [0.1, 0.15) is 0 Å². The van der Waals surface area contributed by atoms with Crippen molar-refractivity contribution in [2.45, 2.75) is 100 Å². The van der Waals surface area contributed by atoms with Gasteiger partial charge in [0.15, 0.2) is 0 Å². The van der Waals surface area contributed by atoms with Gasteiger partial charge in [0.2, 0.25) is 0 Å². The fourth-order valence-electron chi connectivity index (χ4n) is 6.85. The Labute approximate surface area is 158 Å². The van der Waals surface area contributed by atoms with Crippen molar-refractivity contribution < 1.29 is 0 Å². The SMILES string of the molecule is C.CC.CC.CC1CCC2(C)C(=CCC3C4CCC5CC(=C54)CC32)C1. The number of rotatable bonds is 0. The van der Waals surface area contributed by atoms with Crippen molar-refractivity contribution in [1.29, 1.82) is 0 Å². The molecule has 6 unspecified atom stereocenters. The average molecular weight is 345 g/mol. The lowest BCUT2D eigenvalue weighted by molar-refractivity contribution is 0.0591. The number of fused-ring (bicyclic) bond motifs is 4. The van der Waals surface area contributed by atoms with Gasteiger partial charge in [0, 0.05) is 0 Å². The van der Waals surface area contributed by atoms with Gasteiger partial charge in [-0.05, 0) is 86.4 Å². The van der Waals surface area contributed by atoms with Crippen LogP contribution >= 0.6 is 0 Å². The maximum absolute atomic E-state index is 2.70. The molecule has 0 aromatic carbocycles. The highest BCUT2D eigenvalue weighted by Crippen LogP contribution is 2.66. The Morgan fingerprint density at radius 1 is 0.960 bits per heavy atom. The molecule has 0 nitrogen and oxygen atoms in total. The van der Waals surface area contributed by atoms with Gasteiger partial charge in [-0.15, -0.1) is 0 Å². The third kappa shape index (κ3) is 3.06. The molecule has 5 aliphatic rings. The standard InChI is InChI=1S/C20H28.2C2H6.CH4/c1-12-7-8-20(2)15(9-12)4-6-16-17-5-3-13-10-14(19(13)17)11-18(16)20;2*1-2;/h4,12-13,16-18H,3,5-11H2,1-2H3;2*1-2H3;1H4. The number of allylic oxidation sites excluding steroid dienone is 4. The van der Waals surface area contributed by atoms with E-state index < -0.39 is 0 Å². The highest BCUT2D eigenvalue weighted by molar-refractivity contribution is 5.40. The molecule has 144 valence electrons. The van der Waals surface area contributed by atoms with Crippen LogP contribution in [0.25, 0.3) is 0 Å². The van der Waals surface area contributed by atoms with Gasteiger partial charge < -0.3 is 0 Å². The summed E-state index contributed by atoms with van der Waals surface area (Å²) >= 11 is 0. The Kier molecular flexibility index (Phi) is 6.66. The van der Waals surface area contributed by atoms with Gasteiger partial charge in [-0.1, -0.05) is 71.8 Å². The van der Waals surface area contributed by atoms with Crippen LogP contribution in [0.3, 0.4) is 0 Å². The molecule has 0 radical (unpaired) electrons. The van der Waals surface area contributed by atoms with E-state index in [1.807, 2.05) is 44.4 Å². The largest absolute Gasteiger partial charge is 0.0845 e. The van der Waals surface area contributed by atoms with Crippen molar-refractivity contribution in [2.24, 2.45) is 35.0 Å². The highest BCUT2D eigenvalue weighted by atomic mass is 14.6. The molecular weight excluding hydrogens is 300 g/mol. The molecule has 0 spiro atoms. The predicted molar refractivity (Wildman–Crippen MR) is 113 cm³/mol. The van der Waals surface area contributed by atoms with Crippen LogP contribution in [-0.2, 0) is 0 Å². The first-order valence-electron chi connectivity index (χ1n) is 11.1. The molecule has 5 rings (SSSR count). The second-order valence-corrected chi connectivity index (χ2v) is 8.85. The lowest BCUT2D eigenvalue weighted by Gasteiger charge is -2.56. The smallest absolute Gasteiger partial charge is 0.00819 e. The first kappa shape index (κ1) is 20.8. The first-order chi connectivity index (χ1) is 11.7. The molecule has 0 aromatic rings. The van der Waals surface area contributed by atoms with Crippen LogP contribution in [0.1, 0.15) is 100 Å². The summed E-state index contributed by atoms with van der Waals surface area (Å²) in [5, 5.41) is 0. The molecule has 5 aliphatic carbocycles. The third-order valence-electron chi connectivity index (χ3n) is 7.98. The Bertz CT molecular complexity index is 522. The average Bonchev–Trinajstić information content (AvgIpc) is 2.98. The molecule has 25 heavy (non-hydrogen) atoms. The Morgan fingerprint density at radius 2 is 1.68 bits per heavy atom. The lowest BCUT2D eigenvalue weighted by atomic mass is 9.49. The zero-order valence-electron chi connectivity index (χ0n) is 17.1. The van der Waals surface area contributed by atoms with Gasteiger partial charge in [-0.3, -0.25) is 0 Å². The minimum atomic E-state index is 0. The molecule has 0 amide bonds. The van der Waals surface area contributed by atoms with Gasteiger partial charge in [-0.25, -0.2) is 0 Å². The predicted octanol–water partition coefficient (Wildman–Crippen LogP) is 8.19. The van der Waals surface area contributed by atoms with Crippen molar-refractivity contribution in [3.05, 3.63) is 22.8 Å². The lowest BCUT2D eigenvalue weighted by Crippen LogP contribution is -2.46. The van der Waals surface area contributed by atoms with Crippen LogP contribution in [0.15, 0.2) is 22.8 Å². The number of hydrogen-bond donors (Lipinski definition) is 0. The van der Waals surface area contributed by atoms with Gasteiger partial charge in [0.05, 0.1) is 0 Å². The van der Waals surface area contributed by atoms with Crippen LogP contribution in [-0.4, -0.2) is 0 Å². The molecule has 6 atom stereocenters. The zero-order chi connectivity index (χ0) is 17.5. The highest BCUT2D eigenvalue weighted by Gasteiger charge is 2.55. The third-order valence-corrected chi connectivity index (χ3v) is 7.98. The minimum Gasteiger partial charge on any atom is -0.0845 e. The summed E-state index contributed by atoms with van der Waals surface area (Å²) < 4.78 is 0. The van der Waals surface area contributed by atoms with E-state index in [1.54, 1.807) is 0 Å². The molecule has 0 N–H and O–H groups in total.